The average molecular weight is 276 g/mol. The molecule has 0 fully saturated rings. The van der Waals surface area contributed by atoms with Gasteiger partial charge in [0.1, 0.15) is 11.6 Å². The van der Waals surface area contributed by atoms with Crippen molar-refractivity contribution in [3.05, 3.63) is 64.0 Å². The zero-order valence-corrected chi connectivity index (χ0v) is 10.7. The Bertz CT molecular complexity index is 644. The van der Waals surface area contributed by atoms with Crippen molar-refractivity contribution in [2.75, 3.05) is 0 Å². The molecule has 0 aliphatic heterocycles. The Morgan fingerprint density at radius 2 is 1.95 bits per heavy atom. The van der Waals surface area contributed by atoms with Crippen LogP contribution < -0.4 is 10.5 Å². The minimum atomic E-state index is -0.690. The van der Waals surface area contributed by atoms with Gasteiger partial charge in [0.05, 0.1) is 11.0 Å². The van der Waals surface area contributed by atoms with E-state index in [-0.39, 0.29) is 11.8 Å². The molecular weight excluding hydrogens is 263 g/mol. The molecule has 1 atom stereocenters. The molecule has 2 rings (SSSR count). The molecule has 2 aromatic rings. The van der Waals surface area contributed by atoms with Gasteiger partial charge < -0.3 is 10.5 Å². The number of hydrogen-bond donors (Lipinski definition) is 1. The highest BCUT2D eigenvalue weighted by Crippen LogP contribution is 2.34. The minimum absolute atomic E-state index is 0.0236. The first-order valence-corrected chi connectivity index (χ1v) is 5.95. The maximum Gasteiger partial charge on any atom is 0.314 e. The van der Waals surface area contributed by atoms with Crippen molar-refractivity contribution in [1.29, 1.82) is 0 Å². The number of para-hydroxylation sites is 1. The second kappa shape index (κ2) is 5.66. The molecule has 0 unspecified atom stereocenters. The Balaban J connectivity index is 2.43. The van der Waals surface area contributed by atoms with Gasteiger partial charge in [-0.05, 0) is 25.1 Å². The van der Waals surface area contributed by atoms with E-state index in [0.717, 1.165) is 12.1 Å². The molecule has 0 heterocycles. The van der Waals surface area contributed by atoms with Crippen LogP contribution in [0, 0.1) is 15.9 Å². The molecule has 0 saturated heterocycles. The van der Waals surface area contributed by atoms with Gasteiger partial charge in [0.15, 0.2) is 0 Å². The van der Waals surface area contributed by atoms with E-state index in [4.69, 9.17) is 10.5 Å². The number of hydrogen-bond acceptors (Lipinski definition) is 4. The Morgan fingerprint density at radius 3 is 2.60 bits per heavy atom. The van der Waals surface area contributed by atoms with Crippen LogP contribution in [0.15, 0.2) is 42.5 Å². The van der Waals surface area contributed by atoms with E-state index in [1.54, 1.807) is 31.2 Å². The van der Waals surface area contributed by atoms with Crippen LogP contribution in [-0.2, 0) is 0 Å². The first-order chi connectivity index (χ1) is 9.49. The van der Waals surface area contributed by atoms with E-state index in [2.05, 4.69) is 0 Å². The van der Waals surface area contributed by atoms with Crippen LogP contribution in [0.3, 0.4) is 0 Å². The number of halogens is 1. The van der Waals surface area contributed by atoms with Crippen molar-refractivity contribution < 1.29 is 14.1 Å². The molecule has 0 aliphatic rings. The summed E-state index contributed by atoms with van der Waals surface area (Å²) in [6.07, 6.45) is 0. The molecule has 2 N–H and O–H groups in total. The van der Waals surface area contributed by atoms with Gasteiger partial charge in [-0.2, -0.15) is 0 Å². The maximum atomic E-state index is 13.1. The summed E-state index contributed by atoms with van der Waals surface area (Å²) in [5.74, 6) is -0.300. The molecular formula is C14H13FN2O3. The lowest BCUT2D eigenvalue weighted by Crippen LogP contribution is -2.06. The molecule has 6 heteroatoms. The summed E-state index contributed by atoms with van der Waals surface area (Å²) in [5, 5.41) is 10.9. The number of rotatable bonds is 4. The van der Waals surface area contributed by atoms with Gasteiger partial charge >= 0.3 is 5.69 Å². The van der Waals surface area contributed by atoms with E-state index in [0.29, 0.717) is 11.3 Å². The highest BCUT2D eigenvalue weighted by molar-refractivity contribution is 5.50. The van der Waals surface area contributed by atoms with Crippen molar-refractivity contribution in [2.24, 2.45) is 5.73 Å². The fourth-order valence-electron chi connectivity index (χ4n) is 1.79. The van der Waals surface area contributed by atoms with Gasteiger partial charge in [0.2, 0.25) is 5.75 Å². The van der Waals surface area contributed by atoms with E-state index < -0.39 is 16.4 Å². The summed E-state index contributed by atoms with van der Waals surface area (Å²) in [4.78, 5) is 10.2. The second-order valence-corrected chi connectivity index (χ2v) is 4.30. The number of nitro benzene ring substituents is 1. The molecule has 0 bridgehead atoms. The van der Waals surface area contributed by atoms with Crippen LogP contribution >= 0.6 is 0 Å². The molecule has 0 saturated carbocycles. The van der Waals surface area contributed by atoms with Crippen molar-refractivity contribution in [2.45, 2.75) is 13.0 Å². The van der Waals surface area contributed by atoms with Crippen molar-refractivity contribution in [1.82, 2.24) is 0 Å². The number of benzene rings is 2. The predicted octanol–water partition coefficient (Wildman–Crippen LogP) is 3.55. The topological polar surface area (TPSA) is 78.4 Å². The Hall–Kier alpha value is -2.47. The molecule has 104 valence electrons. The van der Waals surface area contributed by atoms with Gasteiger partial charge in [-0.25, -0.2) is 4.39 Å². The molecule has 5 nitrogen and oxygen atoms in total. The molecule has 0 spiro atoms. The van der Waals surface area contributed by atoms with E-state index in [1.165, 1.54) is 6.07 Å². The predicted molar refractivity (Wildman–Crippen MR) is 72.2 cm³/mol. The Morgan fingerprint density at radius 1 is 1.25 bits per heavy atom. The third-order valence-corrected chi connectivity index (χ3v) is 2.75. The summed E-state index contributed by atoms with van der Waals surface area (Å²) in [6.45, 7) is 1.78. The number of ether oxygens (including phenoxy) is 1. The lowest BCUT2D eigenvalue weighted by Gasteiger charge is -2.13. The van der Waals surface area contributed by atoms with Gasteiger partial charge in [-0.3, -0.25) is 10.1 Å². The van der Waals surface area contributed by atoms with Gasteiger partial charge in [0, 0.05) is 11.6 Å². The third kappa shape index (κ3) is 2.92. The second-order valence-electron chi connectivity index (χ2n) is 4.30. The average Bonchev–Trinajstić information content (AvgIpc) is 2.41. The van der Waals surface area contributed by atoms with Gasteiger partial charge in [-0.15, -0.1) is 0 Å². The van der Waals surface area contributed by atoms with Crippen LogP contribution in [0.4, 0.5) is 10.1 Å². The van der Waals surface area contributed by atoms with Crippen LogP contribution in [0.2, 0.25) is 0 Å². The summed E-state index contributed by atoms with van der Waals surface area (Å²) >= 11 is 0. The van der Waals surface area contributed by atoms with Crippen molar-refractivity contribution in [3.8, 4) is 11.5 Å². The summed E-state index contributed by atoms with van der Waals surface area (Å²) in [5.41, 5.74) is 6.10. The molecule has 2 aromatic carbocycles. The quantitative estimate of drug-likeness (QED) is 0.684. The lowest BCUT2D eigenvalue weighted by atomic mass is 10.1. The summed E-state index contributed by atoms with van der Waals surface area (Å²) < 4.78 is 18.6. The fourth-order valence-corrected chi connectivity index (χ4v) is 1.79. The zero-order chi connectivity index (χ0) is 14.7. The third-order valence-electron chi connectivity index (χ3n) is 2.75. The summed E-state index contributed by atoms with van der Waals surface area (Å²) in [7, 11) is 0. The Kier molecular flexibility index (Phi) is 3.95. The lowest BCUT2D eigenvalue weighted by molar-refractivity contribution is -0.385. The number of nitrogens with zero attached hydrogens (tertiary/aromatic N) is 1. The van der Waals surface area contributed by atoms with Crippen LogP contribution in [-0.4, -0.2) is 4.92 Å². The highest BCUT2D eigenvalue weighted by atomic mass is 19.1. The van der Waals surface area contributed by atoms with E-state index >= 15 is 0 Å². The minimum Gasteiger partial charge on any atom is -0.450 e. The number of nitro groups is 1. The first-order valence-electron chi connectivity index (χ1n) is 5.95. The monoisotopic (exact) mass is 276 g/mol. The standard InChI is InChI=1S/C14H13FN2O3/c1-9(16)11-4-2-3-5-13(11)20-14-7-6-10(15)8-12(14)17(18)19/h2-9H,16H2,1H3/t9-/m1/s1. The highest BCUT2D eigenvalue weighted by Gasteiger charge is 2.18. The van der Waals surface area contributed by atoms with Crippen molar-refractivity contribution >= 4 is 5.69 Å². The molecule has 20 heavy (non-hydrogen) atoms. The smallest absolute Gasteiger partial charge is 0.314 e. The maximum absolute atomic E-state index is 13.1. The number of nitrogens with two attached hydrogens (primary N) is 1. The SMILES string of the molecule is C[C@@H](N)c1ccccc1Oc1ccc(F)cc1[N+](=O)[O-]. The summed E-state index contributed by atoms with van der Waals surface area (Å²) in [6, 6.07) is 9.83. The van der Waals surface area contributed by atoms with Crippen LogP contribution in [0.1, 0.15) is 18.5 Å². The normalized spacial score (nSPS) is 11.9. The van der Waals surface area contributed by atoms with Gasteiger partial charge in [-0.1, -0.05) is 18.2 Å². The first kappa shape index (κ1) is 14.0. The molecule has 0 radical (unpaired) electrons. The van der Waals surface area contributed by atoms with E-state index in [1.807, 2.05) is 0 Å². The molecule has 0 aliphatic carbocycles. The Labute approximate surface area is 114 Å². The van der Waals surface area contributed by atoms with Crippen LogP contribution in [0.5, 0.6) is 11.5 Å². The zero-order valence-electron chi connectivity index (χ0n) is 10.7. The van der Waals surface area contributed by atoms with E-state index in [9.17, 15) is 14.5 Å². The molecule has 0 aromatic heterocycles. The fraction of sp³-hybridized carbons (Fsp3) is 0.143. The molecule has 0 amide bonds. The van der Waals surface area contributed by atoms with Crippen LogP contribution in [0.25, 0.3) is 0 Å². The van der Waals surface area contributed by atoms with Gasteiger partial charge in [0.25, 0.3) is 0 Å². The van der Waals surface area contributed by atoms with Crippen molar-refractivity contribution in [3.63, 3.8) is 0 Å². The largest absolute Gasteiger partial charge is 0.450 e.